The minimum Gasteiger partial charge on any atom is -0.508 e. The molecule has 0 unspecified atom stereocenters. The summed E-state index contributed by atoms with van der Waals surface area (Å²) in [6.45, 7) is 4.06. The highest BCUT2D eigenvalue weighted by atomic mass is 16.4. The van der Waals surface area contributed by atoms with Crippen LogP contribution in [-0.2, 0) is 46.4 Å². The number of phenolic OH excluding ortho intramolecular Hbond substituents is 1. The van der Waals surface area contributed by atoms with Gasteiger partial charge in [0, 0.05) is 12.8 Å². The highest BCUT2D eigenvalue weighted by molar-refractivity contribution is 5.95. The number of carbonyl (C=O) groups is 7. The number of nitrogens with two attached hydrogens (primary N) is 1. The monoisotopic (exact) mass is 684 g/mol. The molecule has 2 rings (SSSR count). The Labute approximate surface area is 283 Å². The fourth-order valence-corrected chi connectivity index (χ4v) is 4.57. The number of hydrogen-bond acceptors (Lipinski definition) is 9. The molecule has 266 valence electrons. The Bertz CT molecular complexity index is 1470. The molecule has 0 aliphatic carbocycles. The highest BCUT2D eigenvalue weighted by Gasteiger charge is 2.32. The number of nitrogens with one attached hydrogen (secondary N) is 5. The zero-order valence-electron chi connectivity index (χ0n) is 27.5. The van der Waals surface area contributed by atoms with Crippen molar-refractivity contribution in [2.45, 2.75) is 76.7 Å². The van der Waals surface area contributed by atoms with E-state index >= 15 is 0 Å². The quantitative estimate of drug-likeness (QED) is 0.0883. The normalized spacial score (nSPS) is 13.9. The number of carboxylic acids is 2. The fraction of sp³-hybridized carbons (Fsp3) is 0.424. The van der Waals surface area contributed by atoms with Crippen LogP contribution in [0.2, 0.25) is 0 Å². The van der Waals surface area contributed by atoms with Gasteiger partial charge in [0.15, 0.2) is 0 Å². The lowest BCUT2D eigenvalue weighted by Gasteiger charge is -2.26. The van der Waals surface area contributed by atoms with Crippen molar-refractivity contribution in [1.82, 2.24) is 26.6 Å². The molecule has 2 aromatic rings. The van der Waals surface area contributed by atoms with E-state index in [1.165, 1.54) is 19.1 Å². The molecule has 0 saturated carbocycles. The summed E-state index contributed by atoms with van der Waals surface area (Å²) in [5, 5.41) is 40.0. The molecular formula is C33H44N6O10. The van der Waals surface area contributed by atoms with Crippen LogP contribution in [0.4, 0.5) is 0 Å². The first kappa shape index (κ1) is 39.7. The lowest BCUT2D eigenvalue weighted by Crippen LogP contribution is -2.58. The number of benzene rings is 2. The Balaban J connectivity index is 2.04. The van der Waals surface area contributed by atoms with Crippen LogP contribution in [0.15, 0.2) is 54.6 Å². The number of carbonyl (C=O) groups excluding carboxylic acids is 5. The van der Waals surface area contributed by atoms with Gasteiger partial charge in [-0.3, -0.25) is 28.8 Å². The first-order valence-electron chi connectivity index (χ1n) is 15.6. The molecule has 0 fully saturated rings. The van der Waals surface area contributed by atoms with Gasteiger partial charge in [0.2, 0.25) is 29.5 Å². The Morgan fingerprint density at radius 2 is 1.31 bits per heavy atom. The lowest BCUT2D eigenvalue weighted by molar-refractivity contribution is -0.143. The second-order valence-corrected chi connectivity index (χ2v) is 11.8. The van der Waals surface area contributed by atoms with Crippen molar-refractivity contribution in [2.24, 2.45) is 11.7 Å². The molecule has 5 atom stereocenters. The molecular weight excluding hydrogens is 640 g/mol. The van der Waals surface area contributed by atoms with Gasteiger partial charge in [-0.2, -0.15) is 0 Å². The average molecular weight is 685 g/mol. The van der Waals surface area contributed by atoms with Gasteiger partial charge in [0.25, 0.3) is 0 Å². The Morgan fingerprint density at radius 1 is 0.694 bits per heavy atom. The van der Waals surface area contributed by atoms with E-state index in [-0.39, 0.29) is 25.0 Å². The molecule has 0 aliphatic rings. The highest BCUT2D eigenvalue weighted by Crippen LogP contribution is 2.11. The van der Waals surface area contributed by atoms with Crippen molar-refractivity contribution in [3.63, 3.8) is 0 Å². The first-order chi connectivity index (χ1) is 23.1. The Kier molecular flexibility index (Phi) is 15.7. The zero-order chi connectivity index (χ0) is 36.7. The van der Waals surface area contributed by atoms with Crippen LogP contribution in [0, 0.1) is 5.92 Å². The molecule has 16 nitrogen and oxygen atoms in total. The largest absolute Gasteiger partial charge is 0.508 e. The van der Waals surface area contributed by atoms with Crippen LogP contribution >= 0.6 is 0 Å². The van der Waals surface area contributed by atoms with Crippen LogP contribution in [0.3, 0.4) is 0 Å². The number of aliphatic carboxylic acids is 2. The van der Waals surface area contributed by atoms with Gasteiger partial charge in [-0.1, -0.05) is 56.3 Å². The van der Waals surface area contributed by atoms with Gasteiger partial charge in [-0.25, -0.2) is 4.79 Å². The average Bonchev–Trinajstić information content (AvgIpc) is 3.04. The number of hydrogen-bond donors (Lipinski definition) is 9. The van der Waals surface area contributed by atoms with Gasteiger partial charge in [-0.15, -0.1) is 0 Å². The molecule has 0 aliphatic heterocycles. The summed E-state index contributed by atoms with van der Waals surface area (Å²) in [5.74, 6) is -6.83. The molecule has 0 spiro atoms. The van der Waals surface area contributed by atoms with Gasteiger partial charge in [-0.05, 0) is 48.9 Å². The molecule has 5 amide bonds. The minimum absolute atomic E-state index is 0.000532. The van der Waals surface area contributed by atoms with E-state index in [0.717, 1.165) is 0 Å². The van der Waals surface area contributed by atoms with E-state index in [4.69, 9.17) is 10.8 Å². The Morgan fingerprint density at radius 3 is 1.88 bits per heavy atom. The molecule has 49 heavy (non-hydrogen) atoms. The minimum atomic E-state index is -1.51. The van der Waals surface area contributed by atoms with Crippen LogP contribution < -0.4 is 32.3 Å². The Hall–Kier alpha value is -5.51. The topological polar surface area (TPSA) is 266 Å². The standard InChI is InChI=1S/C33H44N6O10/c1-18(2)28(32(47)38-24(33(48)49)13-14-27(42)43)39-31(46)25(16-20-7-5-4-6-8-20)37-26(41)17-35-29(44)19(3)36-30(45)23(34)15-21-9-11-22(40)12-10-21/h4-12,18-19,23-25,28,40H,13-17,34H2,1-3H3,(H,35,44)(H,36,45)(H,37,41)(H,38,47)(H,39,46)(H,42,43)(H,48,49)/t19-,23-,24-,25-,28-/m0/s1. The molecule has 0 aromatic heterocycles. The number of amides is 5. The smallest absolute Gasteiger partial charge is 0.326 e. The van der Waals surface area contributed by atoms with E-state index in [1.807, 2.05) is 0 Å². The van der Waals surface area contributed by atoms with E-state index in [1.54, 1.807) is 56.3 Å². The number of carboxylic acid groups (broad SMARTS) is 2. The van der Waals surface area contributed by atoms with Crippen molar-refractivity contribution < 1.29 is 48.9 Å². The van der Waals surface area contributed by atoms with E-state index in [0.29, 0.717) is 11.1 Å². The van der Waals surface area contributed by atoms with Crippen molar-refractivity contribution >= 4 is 41.5 Å². The second kappa shape index (κ2) is 19.3. The lowest BCUT2D eigenvalue weighted by atomic mass is 10.00. The van der Waals surface area contributed by atoms with Crippen molar-refractivity contribution in [2.75, 3.05) is 6.54 Å². The molecule has 16 heteroatoms. The van der Waals surface area contributed by atoms with E-state index in [9.17, 15) is 43.8 Å². The summed E-state index contributed by atoms with van der Waals surface area (Å²) in [6.07, 6.45) is -0.724. The van der Waals surface area contributed by atoms with Gasteiger partial charge >= 0.3 is 11.9 Å². The van der Waals surface area contributed by atoms with Gasteiger partial charge in [0.1, 0.15) is 29.9 Å². The van der Waals surface area contributed by atoms with Gasteiger partial charge in [0.05, 0.1) is 12.6 Å². The van der Waals surface area contributed by atoms with Crippen molar-refractivity contribution in [1.29, 1.82) is 0 Å². The van der Waals surface area contributed by atoms with Crippen LogP contribution in [-0.4, -0.2) is 93.5 Å². The second-order valence-electron chi connectivity index (χ2n) is 11.8. The maximum absolute atomic E-state index is 13.5. The summed E-state index contributed by atoms with van der Waals surface area (Å²) < 4.78 is 0. The maximum Gasteiger partial charge on any atom is 0.326 e. The SMILES string of the molecule is CC(C)[C@H](NC(=O)[C@H](Cc1ccccc1)NC(=O)CNC(=O)[C@H](C)NC(=O)[C@@H](N)Cc1ccc(O)cc1)C(=O)N[C@@H](CCC(=O)O)C(=O)O. The summed E-state index contributed by atoms with van der Waals surface area (Å²) >= 11 is 0. The predicted octanol–water partition coefficient (Wildman–Crippen LogP) is -0.815. The summed E-state index contributed by atoms with van der Waals surface area (Å²) in [4.78, 5) is 87.1. The van der Waals surface area contributed by atoms with Crippen molar-refractivity contribution in [3.05, 3.63) is 65.7 Å². The predicted molar refractivity (Wildman–Crippen MR) is 176 cm³/mol. The maximum atomic E-state index is 13.5. The summed E-state index contributed by atoms with van der Waals surface area (Å²) in [7, 11) is 0. The molecule has 2 aromatic carbocycles. The number of phenols is 1. The third-order valence-corrected chi connectivity index (χ3v) is 7.35. The fourth-order valence-electron chi connectivity index (χ4n) is 4.57. The van der Waals surface area contributed by atoms with Crippen LogP contribution in [0.25, 0.3) is 0 Å². The van der Waals surface area contributed by atoms with Crippen LogP contribution in [0.1, 0.15) is 44.7 Å². The van der Waals surface area contributed by atoms with Crippen molar-refractivity contribution in [3.8, 4) is 5.75 Å². The van der Waals surface area contributed by atoms with Crippen LogP contribution in [0.5, 0.6) is 5.75 Å². The molecule has 0 saturated heterocycles. The first-order valence-corrected chi connectivity index (χ1v) is 15.6. The van der Waals surface area contributed by atoms with E-state index < -0.39 is 90.6 Å². The van der Waals surface area contributed by atoms with E-state index in [2.05, 4.69) is 26.6 Å². The number of aromatic hydroxyl groups is 1. The molecule has 0 heterocycles. The molecule has 0 bridgehead atoms. The number of rotatable bonds is 19. The molecule has 10 N–H and O–H groups in total. The third kappa shape index (κ3) is 14.0. The zero-order valence-corrected chi connectivity index (χ0v) is 27.5. The van der Waals surface area contributed by atoms with Gasteiger partial charge < -0.3 is 47.6 Å². The third-order valence-electron chi connectivity index (χ3n) is 7.35. The molecule has 0 radical (unpaired) electrons. The summed E-state index contributed by atoms with van der Waals surface area (Å²) in [5.41, 5.74) is 7.32. The summed E-state index contributed by atoms with van der Waals surface area (Å²) in [6, 6.07) is 8.77.